The smallest absolute Gasteiger partial charge is 0.254 e. The van der Waals surface area contributed by atoms with E-state index in [1.807, 2.05) is 79.9 Å². The van der Waals surface area contributed by atoms with Gasteiger partial charge in [0.1, 0.15) is 0 Å². The Labute approximate surface area is 226 Å². The van der Waals surface area contributed by atoms with Crippen molar-refractivity contribution >= 4 is 62.2 Å². The molecule has 0 spiro atoms. The normalized spacial score (nSPS) is 15.2. The molecule has 1 unspecified atom stereocenters. The summed E-state index contributed by atoms with van der Waals surface area (Å²) < 4.78 is 0.868. The molecule has 6 nitrogen and oxygen atoms in total. The van der Waals surface area contributed by atoms with Crippen LogP contribution in [0.1, 0.15) is 23.3 Å². The summed E-state index contributed by atoms with van der Waals surface area (Å²) in [5, 5.41) is 21.8. The predicted octanol–water partition coefficient (Wildman–Crippen LogP) is 6.53. The molecule has 182 valence electrons. The first-order valence-electron chi connectivity index (χ1n) is 11.1. The number of para-hydroxylation sites is 1. The van der Waals surface area contributed by atoms with Crippen LogP contribution in [0.5, 0.6) is 0 Å². The molecule has 1 aliphatic rings. The minimum atomic E-state index is -0.532. The van der Waals surface area contributed by atoms with E-state index in [9.17, 15) is 14.9 Å². The van der Waals surface area contributed by atoms with Crippen LogP contribution in [0.15, 0.2) is 92.4 Å². The van der Waals surface area contributed by atoms with E-state index in [2.05, 4.69) is 37.9 Å². The van der Waals surface area contributed by atoms with Crippen molar-refractivity contribution in [1.29, 1.82) is 5.26 Å². The van der Waals surface area contributed by atoms with Gasteiger partial charge in [0.05, 0.1) is 28.3 Å². The fraction of sp³-hybridized carbons (Fsp3) is 0.148. The fourth-order valence-electron chi connectivity index (χ4n) is 3.87. The van der Waals surface area contributed by atoms with E-state index in [1.54, 1.807) is 0 Å². The van der Waals surface area contributed by atoms with Crippen LogP contribution >= 0.6 is 39.0 Å². The number of aryl methyl sites for hydroxylation is 1. The van der Waals surface area contributed by atoms with Gasteiger partial charge in [-0.15, -0.1) is 11.3 Å². The number of nitrogens with zero attached hydrogens (tertiary/aromatic N) is 1. The van der Waals surface area contributed by atoms with Crippen molar-refractivity contribution in [2.75, 3.05) is 16.4 Å². The lowest BCUT2D eigenvalue weighted by Crippen LogP contribution is -2.31. The lowest BCUT2D eigenvalue weighted by molar-refractivity contribution is -0.114. The number of nitrogens with one attached hydrogen (secondary N) is 3. The standard InChI is InChI=1S/C27H23BrN4O2S2/c1-16-7-3-4-10-21(16)32-26(34)24-17(2)30-27(20(14-29)25(24)22-11-6-12-35-22)36-15-23(33)31-19-9-5-8-18(28)13-19/h3-13,25,30H,15H2,1-2H3,(H,31,33)(H,32,34). The van der Waals surface area contributed by atoms with Gasteiger partial charge in [0.2, 0.25) is 5.91 Å². The number of carbonyl (C=O) groups is 2. The Bertz CT molecular complexity index is 1410. The maximum atomic E-state index is 13.5. The molecule has 2 heterocycles. The van der Waals surface area contributed by atoms with E-state index in [1.165, 1.54) is 23.1 Å². The lowest BCUT2D eigenvalue weighted by atomic mass is 9.86. The van der Waals surface area contributed by atoms with Crippen LogP contribution in [0, 0.1) is 18.3 Å². The van der Waals surface area contributed by atoms with Crippen LogP contribution in [-0.2, 0) is 9.59 Å². The average Bonchev–Trinajstić information content (AvgIpc) is 3.38. The van der Waals surface area contributed by atoms with Gasteiger partial charge < -0.3 is 16.0 Å². The zero-order valence-corrected chi connectivity index (χ0v) is 22.8. The molecule has 3 aromatic rings. The third-order valence-corrected chi connectivity index (χ3v) is 8.02. The highest BCUT2D eigenvalue weighted by Gasteiger charge is 2.35. The fourth-order valence-corrected chi connectivity index (χ4v) is 6.01. The van der Waals surface area contributed by atoms with Gasteiger partial charge in [0.25, 0.3) is 5.91 Å². The average molecular weight is 580 g/mol. The number of hydrogen-bond acceptors (Lipinski definition) is 6. The van der Waals surface area contributed by atoms with Crippen molar-refractivity contribution in [3.63, 3.8) is 0 Å². The number of thioether (sulfide) groups is 1. The van der Waals surface area contributed by atoms with Crippen molar-refractivity contribution in [3.05, 3.63) is 103 Å². The molecule has 3 N–H and O–H groups in total. The molecule has 2 aromatic carbocycles. The Kier molecular flexibility index (Phi) is 8.31. The predicted molar refractivity (Wildman–Crippen MR) is 151 cm³/mol. The molecule has 1 aliphatic heterocycles. The van der Waals surface area contributed by atoms with E-state index in [-0.39, 0.29) is 17.6 Å². The largest absolute Gasteiger partial charge is 0.353 e. The molecule has 36 heavy (non-hydrogen) atoms. The molecular weight excluding hydrogens is 556 g/mol. The van der Waals surface area contributed by atoms with Crippen molar-refractivity contribution in [2.45, 2.75) is 19.8 Å². The number of halogens is 1. The van der Waals surface area contributed by atoms with Crippen LogP contribution in [0.2, 0.25) is 0 Å². The van der Waals surface area contributed by atoms with E-state index in [0.29, 0.717) is 27.6 Å². The number of nitriles is 1. The summed E-state index contributed by atoms with van der Waals surface area (Å²) in [5.74, 6) is -0.884. The number of anilines is 2. The summed E-state index contributed by atoms with van der Waals surface area (Å²) in [5.41, 5.74) is 3.90. The molecule has 0 radical (unpaired) electrons. The molecule has 0 bridgehead atoms. The topological polar surface area (TPSA) is 94.0 Å². The number of thiophene rings is 1. The molecule has 9 heteroatoms. The van der Waals surface area contributed by atoms with Gasteiger partial charge in [-0.05, 0) is 55.1 Å². The Balaban J connectivity index is 1.59. The van der Waals surface area contributed by atoms with Crippen LogP contribution in [0.25, 0.3) is 0 Å². The zero-order valence-electron chi connectivity index (χ0n) is 19.6. The summed E-state index contributed by atoms with van der Waals surface area (Å²) >= 11 is 6.14. The van der Waals surface area contributed by atoms with Crippen molar-refractivity contribution < 1.29 is 9.59 Å². The molecule has 0 aliphatic carbocycles. The van der Waals surface area contributed by atoms with Gasteiger partial charge in [-0.1, -0.05) is 58.0 Å². The van der Waals surface area contributed by atoms with E-state index in [4.69, 9.17) is 0 Å². The van der Waals surface area contributed by atoms with Gasteiger partial charge in [0, 0.05) is 32.0 Å². The summed E-state index contributed by atoms with van der Waals surface area (Å²) in [4.78, 5) is 27.0. The molecular formula is C27H23BrN4O2S2. The first kappa shape index (κ1) is 25.8. The van der Waals surface area contributed by atoms with Crippen LogP contribution in [0.3, 0.4) is 0 Å². The van der Waals surface area contributed by atoms with Crippen LogP contribution in [-0.4, -0.2) is 17.6 Å². The SMILES string of the molecule is CC1=C(C(=O)Nc2ccccc2C)C(c2cccs2)C(C#N)=C(SCC(=O)Nc2cccc(Br)c2)N1. The summed E-state index contributed by atoms with van der Waals surface area (Å²) in [6.45, 7) is 3.75. The molecule has 0 saturated heterocycles. The number of hydrogen-bond donors (Lipinski definition) is 3. The van der Waals surface area contributed by atoms with Crippen LogP contribution in [0.4, 0.5) is 11.4 Å². The van der Waals surface area contributed by atoms with Crippen molar-refractivity contribution in [1.82, 2.24) is 5.32 Å². The highest BCUT2D eigenvalue weighted by molar-refractivity contribution is 9.10. The molecule has 0 saturated carbocycles. The maximum absolute atomic E-state index is 13.5. The van der Waals surface area contributed by atoms with Crippen molar-refractivity contribution in [3.8, 4) is 6.07 Å². The number of rotatable bonds is 7. The summed E-state index contributed by atoms with van der Waals surface area (Å²) in [6.07, 6.45) is 0. The van der Waals surface area contributed by atoms with E-state index >= 15 is 0 Å². The quantitative estimate of drug-likeness (QED) is 0.296. The van der Waals surface area contributed by atoms with Crippen molar-refractivity contribution in [2.24, 2.45) is 0 Å². The van der Waals surface area contributed by atoms with Gasteiger partial charge in [0.15, 0.2) is 0 Å². The Morgan fingerprint density at radius 1 is 1.11 bits per heavy atom. The second-order valence-corrected chi connectivity index (χ2v) is 11.0. The molecule has 0 fully saturated rings. The number of amides is 2. The Morgan fingerprint density at radius 3 is 2.61 bits per heavy atom. The van der Waals surface area contributed by atoms with Gasteiger partial charge in [-0.2, -0.15) is 5.26 Å². The minimum absolute atomic E-state index is 0.106. The van der Waals surface area contributed by atoms with E-state index < -0.39 is 5.92 Å². The summed E-state index contributed by atoms with van der Waals surface area (Å²) in [7, 11) is 0. The third kappa shape index (κ3) is 5.90. The first-order chi connectivity index (χ1) is 17.4. The summed E-state index contributed by atoms with van der Waals surface area (Å²) in [6, 6.07) is 21.1. The third-order valence-electron chi connectivity index (χ3n) is 5.57. The number of carbonyl (C=O) groups excluding carboxylic acids is 2. The molecule has 1 aromatic heterocycles. The van der Waals surface area contributed by atoms with E-state index in [0.717, 1.165) is 20.6 Å². The monoisotopic (exact) mass is 578 g/mol. The molecule has 4 rings (SSSR count). The maximum Gasteiger partial charge on any atom is 0.254 e. The number of dihydropyridines is 1. The van der Waals surface area contributed by atoms with Gasteiger partial charge in [-0.25, -0.2) is 0 Å². The second-order valence-electron chi connectivity index (χ2n) is 8.08. The molecule has 1 atom stereocenters. The zero-order chi connectivity index (χ0) is 25.7. The minimum Gasteiger partial charge on any atom is -0.353 e. The second kappa shape index (κ2) is 11.6. The van der Waals surface area contributed by atoms with Gasteiger partial charge in [-0.3, -0.25) is 9.59 Å². The van der Waals surface area contributed by atoms with Crippen LogP contribution < -0.4 is 16.0 Å². The Hall–Kier alpha value is -3.32. The lowest BCUT2D eigenvalue weighted by Gasteiger charge is -2.29. The Morgan fingerprint density at radius 2 is 1.92 bits per heavy atom. The molecule has 2 amide bonds. The number of benzene rings is 2. The first-order valence-corrected chi connectivity index (χ1v) is 13.7. The van der Waals surface area contributed by atoms with Gasteiger partial charge >= 0.3 is 0 Å². The highest BCUT2D eigenvalue weighted by atomic mass is 79.9. The number of allylic oxidation sites excluding steroid dienone is 2. The highest BCUT2D eigenvalue weighted by Crippen LogP contribution is 2.42.